The lowest BCUT2D eigenvalue weighted by atomic mass is 9.99. The minimum atomic E-state index is 0.480. The van der Waals surface area contributed by atoms with Crippen LogP contribution in [0.15, 0.2) is 218 Å². The summed E-state index contributed by atoms with van der Waals surface area (Å²) in [7, 11) is 0. The van der Waals surface area contributed by atoms with Gasteiger partial charge in [-0.15, -0.1) is 0 Å². The summed E-state index contributed by atoms with van der Waals surface area (Å²) in [6.45, 7) is 0. The molecule has 0 aliphatic rings. The average Bonchev–Trinajstić information content (AvgIpc) is 3.90. The van der Waals surface area contributed by atoms with E-state index in [4.69, 9.17) is 15.0 Å². The lowest BCUT2D eigenvalue weighted by Crippen LogP contribution is -2.03. The molecule has 3 heterocycles. The number of fused-ring (bicyclic) bond motifs is 7. The molecule has 0 amide bonds. The number of para-hydroxylation sites is 3. The first-order chi connectivity index (χ1) is 31.7. The number of hydrogen-bond donors (Lipinski definition) is 0. The molecule has 0 N–H and O–H groups in total. The van der Waals surface area contributed by atoms with E-state index in [1.807, 2.05) is 72.8 Å². The molecule has 12 rings (SSSR count). The van der Waals surface area contributed by atoms with Crippen molar-refractivity contribution in [1.29, 1.82) is 5.26 Å². The van der Waals surface area contributed by atoms with Crippen LogP contribution < -0.4 is 0 Å². The van der Waals surface area contributed by atoms with Crippen molar-refractivity contribution < 1.29 is 0 Å². The van der Waals surface area contributed by atoms with E-state index in [0.29, 0.717) is 23.0 Å². The van der Waals surface area contributed by atoms with Crippen LogP contribution in [-0.2, 0) is 0 Å². The predicted molar refractivity (Wildman–Crippen MR) is 260 cm³/mol. The van der Waals surface area contributed by atoms with Crippen LogP contribution in [0.4, 0.5) is 0 Å². The van der Waals surface area contributed by atoms with Crippen molar-refractivity contribution in [2.45, 2.75) is 0 Å². The fourth-order valence-electron chi connectivity index (χ4n) is 9.32. The number of nitriles is 1. The van der Waals surface area contributed by atoms with Crippen LogP contribution in [0.3, 0.4) is 0 Å². The monoisotopic (exact) mass is 816 g/mol. The van der Waals surface area contributed by atoms with E-state index in [2.05, 4.69) is 161 Å². The zero-order valence-corrected chi connectivity index (χ0v) is 34.5. The minimum absolute atomic E-state index is 0.480. The SMILES string of the molecule is N#Cc1cc(-c2nc(-c3ccc(-c4ccccc4)cc3)nc(-c3ccccc3-c3ccccc3)n2)ccc1-n1c2ccccc2c2ccc3c(c4ccccc4n3-c3ccccc3)c21. The lowest BCUT2D eigenvalue weighted by molar-refractivity contribution is 1.07. The lowest BCUT2D eigenvalue weighted by Gasteiger charge is -2.14. The number of nitrogens with zero attached hydrogens (tertiary/aromatic N) is 6. The molecule has 3 aromatic heterocycles. The van der Waals surface area contributed by atoms with Gasteiger partial charge >= 0.3 is 0 Å². The van der Waals surface area contributed by atoms with Gasteiger partial charge in [0.1, 0.15) is 6.07 Å². The van der Waals surface area contributed by atoms with Crippen molar-refractivity contribution in [1.82, 2.24) is 24.1 Å². The van der Waals surface area contributed by atoms with Gasteiger partial charge in [-0.3, -0.25) is 0 Å². The van der Waals surface area contributed by atoms with Gasteiger partial charge in [-0.05, 0) is 70.8 Å². The van der Waals surface area contributed by atoms with Gasteiger partial charge in [-0.25, -0.2) is 15.0 Å². The molecule has 0 fully saturated rings. The average molecular weight is 817 g/mol. The Labute approximate surface area is 369 Å². The normalized spacial score (nSPS) is 11.4. The van der Waals surface area contributed by atoms with E-state index >= 15 is 0 Å². The third kappa shape index (κ3) is 6.06. The van der Waals surface area contributed by atoms with Gasteiger partial charge in [0.2, 0.25) is 0 Å². The van der Waals surface area contributed by atoms with E-state index < -0.39 is 0 Å². The van der Waals surface area contributed by atoms with Crippen molar-refractivity contribution in [3.63, 3.8) is 0 Å². The Balaban J connectivity index is 1.07. The summed E-state index contributed by atoms with van der Waals surface area (Å²) in [6.07, 6.45) is 0. The first-order valence-corrected chi connectivity index (χ1v) is 21.3. The van der Waals surface area contributed by atoms with E-state index in [-0.39, 0.29) is 0 Å². The van der Waals surface area contributed by atoms with Crippen LogP contribution in [0.5, 0.6) is 0 Å². The molecule has 6 nitrogen and oxygen atoms in total. The van der Waals surface area contributed by atoms with Gasteiger partial charge in [-0.2, -0.15) is 5.26 Å². The van der Waals surface area contributed by atoms with Gasteiger partial charge in [0.15, 0.2) is 17.5 Å². The third-order valence-corrected chi connectivity index (χ3v) is 12.2. The molecule has 0 aliphatic heterocycles. The fraction of sp³-hybridized carbons (Fsp3) is 0. The Morgan fingerprint density at radius 2 is 0.891 bits per heavy atom. The summed E-state index contributed by atoms with van der Waals surface area (Å²) >= 11 is 0. The smallest absolute Gasteiger partial charge is 0.164 e. The van der Waals surface area contributed by atoms with Crippen molar-refractivity contribution in [2.24, 2.45) is 0 Å². The van der Waals surface area contributed by atoms with Gasteiger partial charge in [0.25, 0.3) is 0 Å². The Hall–Kier alpha value is -8.92. The molecule has 0 aliphatic carbocycles. The zero-order valence-electron chi connectivity index (χ0n) is 34.5. The summed E-state index contributed by atoms with van der Waals surface area (Å²) in [5, 5.41) is 15.6. The Morgan fingerprint density at radius 1 is 0.359 bits per heavy atom. The standard InChI is InChI=1S/C58H36N6/c59-37-43-36-42(57-60-56(41-30-28-39(29-31-41)38-16-4-1-5-17-38)61-58(62-57)48-24-11-10-22-45(48)40-18-6-2-7-19-40)32-34-50(43)64-51-26-14-12-23-46(51)47-33-35-53-54(55(47)64)49-25-13-15-27-52(49)63(53)44-20-8-3-9-21-44/h1-36H. The van der Waals surface area contributed by atoms with Crippen molar-refractivity contribution in [2.75, 3.05) is 0 Å². The predicted octanol–water partition coefficient (Wildman–Crippen LogP) is 14.3. The summed E-state index contributed by atoms with van der Waals surface area (Å²) in [4.78, 5) is 15.5. The number of hydrogen-bond acceptors (Lipinski definition) is 4. The van der Waals surface area contributed by atoms with Crippen LogP contribution in [0.2, 0.25) is 0 Å². The fourth-order valence-corrected chi connectivity index (χ4v) is 9.32. The van der Waals surface area contributed by atoms with Gasteiger partial charge in [0.05, 0.1) is 33.3 Å². The highest BCUT2D eigenvalue weighted by Gasteiger charge is 2.23. The first-order valence-electron chi connectivity index (χ1n) is 21.3. The van der Waals surface area contributed by atoms with Crippen LogP contribution in [0.25, 0.3) is 111 Å². The molecule has 298 valence electrons. The largest absolute Gasteiger partial charge is 0.309 e. The van der Waals surface area contributed by atoms with Gasteiger partial charge in [0, 0.05) is 43.9 Å². The van der Waals surface area contributed by atoms with Gasteiger partial charge < -0.3 is 9.13 Å². The van der Waals surface area contributed by atoms with Crippen molar-refractivity contribution in [3.8, 4) is 73.9 Å². The summed E-state index contributed by atoms with van der Waals surface area (Å²) in [5.74, 6) is 1.58. The molecule has 0 unspecified atom stereocenters. The molecule has 0 radical (unpaired) electrons. The van der Waals surface area contributed by atoms with E-state index in [0.717, 1.165) is 93.9 Å². The van der Waals surface area contributed by atoms with Gasteiger partial charge in [-0.1, -0.05) is 170 Å². The second kappa shape index (κ2) is 15.2. The quantitative estimate of drug-likeness (QED) is 0.161. The molecule has 6 heteroatoms. The Bertz CT molecular complexity index is 3770. The summed E-state index contributed by atoms with van der Waals surface area (Å²) < 4.78 is 4.60. The maximum Gasteiger partial charge on any atom is 0.164 e. The van der Waals surface area contributed by atoms with E-state index in [9.17, 15) is 5.26 Å². The molecule has 0 spiro atoms. The molecule has 0 saturated heterocycles. The molecule has 12 aromatic rings. The molecule has 9 aromatic carbocycles. The number of aromatic nitrogens is 5. The molecule has 0 atom stereocenters. The van der Waals surface area contributed by atoms with Crippen LogP contribution in [0.1, 0.15) is 5.56 Å². The van der Waals surface area contributed by atoms with E-state index in [1.54, 1.807) is 0 Å². The van der Waals surface area contributed by atoms with Crippen molar-refractivity contribution >= 4 is 43.6 Å². The Morgan fingerprint density at radius 3 is 1.61 bits per heavy atom. The van der Waals surface area contributed by atoms with E-state index in [1.165, 1.54) is 0 Å². The summed E-state index contributed by atoms with van der Waals surface area (Å²) in [5.41, 5.74) is 13.5. The van der Waals surface area contributed by atoms with Crippen LogP contribution in [0, 0.1) is 11.3 Å². The first kappa shape index (κ1) is 36.9. The number of rotatable bonds is 7. The second-order valence-corrected chi connectivity index (χ2v) is 15.9. The van der Waals surface area contributed by atoms with Crippen LogP contribution in [-0.4, -0.2) is 24.1 Å². The third-order valence-electron chi connectivity index (χ3n) is 12.2. The topological polar surface area (TPSA) is 72.3 Å². The van der Waals surface area contributed by atoms with Crippen molar-refractivity contribution in [3.05, 3.63) is 224 Å². The molecule has 64 heavy (non-hydrogen) atoms. The van der Waals surface area contributed by atoms with Crippen LogP contribution >= 0.6 is 0 Å². The minimum Gasteiger partial charge on any atom is -0.309 e. The molecule has 0 saturated carbocycles. The highest BCUT2D eigenvalue weighted by molar-refractivity contribution is 6.26. The maximum atomic E-state index is 11.1. The Kier molecular flexibility index (Phi) is 8.77. The zero-order chi connectivity index (χ0) is 42.6. The molecular weight excluding hydrogens is 781 g/mol. The second-order valence-electron chi connectivity index (χ2n) is 15.9. The molecular formula is C58H36N6. The summed E-state index contributed by atoms with van der Waals surface area (Å²) in [6, 6.07) is 77.8. The maximum absolute atomic E-state index is 11.1. The number of benzene rings is 9. The highest BCUT2D eigenvalue weighted by Crippen LogP contribution is 2.43. The molecule has 0 bridgehead atoms. The highest BCUT2D eigenvalue weighted by atomic mass is 15.0.